The van der Waals surface area contributed by atoms with Crippen LogP contribution in [0, 0.1) is 0 Å². The molecule has 0 unspecified atom stereocenters. The van der Waals surface area contributed by atoms with Gasteiger partial charge in [0.1, 0.15) is 0 Å². The third-order valence-electron chi connectivity index (χ3n) is 9.52. The van der Waals surface area contributed by atoms with E-state index >= 15 is 0 Å². The van der Waals surface area contributed by atoms with Gasteiger partial charge in [0.15, 0.2) is 5.82 Å². The standard InChI is InChI=1S/C46H28N2S2/c1-2-9-29(10-3-1)32-11-8-12-33(25-32)30-17-19-31(20-18-30)40-28-41(34-21-23-38-36-13-4-6-15-42(36)49-44(38)26-34)48-46(47-40)35-22-24-39-37-14-5-7-16-43(37)50-45(39)27-35/h1-28H. The van der Waals surface area contributed by atoms with Gasteiger partial charge in [0, 0.05) is 57.0 Å². The summed E-state index contributed by atoms with van der Waals surface area (Å²) in [5.41, 5.74) is 9.78. The number of rotatable bonds is 5. The second kappa shape index (κ2) is 11.9. The molecule has 0 atom stereocenters. The Kier molecular flexibility index (Phi) is 6.90. The molecule has 0 saturated heterocycles. The monoisotopic (exact) mass is 672 g/mol. The van der Waals surface area contributed by atoms with Crippen molar-refractivity contribution in [3.63, 3.8) is 0 Å². The molecule has 3 aromatic heterocycles. The van der Waals surface area contributed by atoms with Gasteiger partial charge in [0.05, 0.1) is 11.4 Å². The van der Waals surface area contributed by atoms with E-state index in [2.05, 4.69) is 170 Å². The van der Waals surface area contributed by atoms with Gasteiger partial charge in [-0.15, -0.1) is 22.7 Å². The first-order valence-corrected chi connectivity index (χ1v) is 18.4. The molecule has 7 aromatic carbocycles. The molecule has 0 fully saturated rings. The summed E-state index contributed by atoms with van der Waals surface area (Å²) in [5.74, 6) is 0.730. The SMILES string of the molecule is c1ccc(-c2cccc(-c3ccc(-c4cc(-c5ccc6c(c5)sc5ccccc56)nc(-c5ccc6c(c5)sc5ccccc56)n4)cc3)c2)cc1. The Bertz CT molecular complexity index is 2730. The maximum Gasteiger partial charge on any atom is 0.160 e. The predicted molar refractivity (Wildman–Crippen MR) is 215 cm³/mol. The highest BCUT2D eigenvalue weighted by atomic mass is 32.1. The lowest BCUT2D eigenvalue weighted by Crippen LogP contribution is -1.96. The van der Waals surface area contributed by atoms with E-state index in [4.69, 9.17) is 9.97 Å². The molecule has 0 aliphatic carbocycles. The summed E-state index contributed by atoms with van der Waals surface area (Å²) in [4.78, 5) is 10.4. The van der Waals surface area contributed by atoms with Gasteiger partial charge in [-0.3, -0.25) is 0 Å². The molecule has 0 spiro atoms. The van der Waals surface area contributed by atoms with Crippen LogP contribution < -0.4 is 0 Å². The van der Waals surface area contributed by atoms with Gasteiger partial charge in [0.25, 0.3) is 0 Å². The van der Waals surface area contributed by atoms with Crippen LogP contribution in [0.2, 0.25) is 0 Å². The lowest BCUT2D eigenvalue weighted by Gasteiger charge is -2.11. The average Bonchev–Trinajstić information content (AvgIpc) is 3.76. The molecule has 2 nitrogen and oxygen atoms in total. The molecular weight excluding hydrogens is 645 g/mol. The van der Waals surface area contributed by atoms with Crippen LogP contribution in [0.5, 0.6) is 0 Å². The van der Waals surface area contributed by atoms with E-state index < -0.39 is 0 Å². The molecule has 10 rings (SSSR count). The first-order valence-electron chi connectivity index (χ1n) is 16.7. The summed E-state index contributed by atoms with van der Waals surface area (Å²) in [7, 11) is 0. The highest BCUT2D eigenvalue weighted by Gasteiger charge is 2.15. The molecule has 3 heterocycles. The zero-order valence-corrected chi connectivity index (χ0v) is 28.5. The van der Waals surface area contributed by atoms with Crippen molar-refractivity contribution in [2.24, 2.45) is 0 Å². The molecule has 0 aliphatic rings. The Morgan fingerprint density at radius 2 is 0.740 bits per heavy atom. The number of benzene rings is 7. The number of thiophene rings is 2. The van der Waals surface area contributed by atoms with Gasteiger partial charge in [-0.25, -0.2) is 9.97 Å². The number of fused-ring (bicyclic) bond motifs is 6. The van der Waals surface area contributed by atoms with Crippen molar-refractivity contribution in [3.05, 3.63) is 170 Å². The van der Waals surface area contributed by atoms with Crippen molar-refractivity contribution in [3.8, 4) is 56.2 Å². The first kappa shape index (κ1) is 29.0. The molecular formula is C46H28N2S2. The molecule has 0 N–H and O–H groups in total. The third-order valence-corrected chi connectivity index (χ3v) is 11.8. The van der Waals surface area contributed by atoms with Gasteiger partial charge in [0.2, 0.25) is 0 Å². The molecule has 0 bridgehead atoms. The Labute approximate surface area is 297 Å². The second-order valence-electron chi connectivity index (χ2n) is 12.6. The molecule has 0 radical (unpaired) electrons. The summed E-state index contributed by atoms with van der Waals surface area (Å²) in [6, 6.07) is 60.8. The number of hydrogen-bond donors (Lipinski definition) is 0. The van der Waals surface area contributed by atoms with Crippen molar-refractivity contribution >= 4 is 63.0 Å². The largest absolute Gasteiger partial charge is 0.228 e. The maximum atomic E-state index is 5.22. The van der Waals surface area contributed by atoms with Crippen LogP contribution in [0.4, 0.5) is 0 Å². The van der Waals surface area contributed by atoms with Crippen LogP contribution in [0.25, 0.3) is 96.5 Å². The van der Waals surface area contributed by atoms with E-state index in [-0.39, 0.29) is 0 Å². The molecule has 0 aliphatic heterocycles. The number of nitrogens with zero attached hydrogens (tertiary/aromatic N) is 2. The number of hydrogen-bond acceptors (Lipinski definition) is 4. The zero-order chi connectivity index (χ0) is 33.0. The second-order valence-corrected chi connectivity index (χ2v) is 14.8. The molecule has 0 saturated carbocycles. The topological polar surface area (TPSA) is 25.8 Å². The Morgan fingerprint density at radius 1 is 0.280 bits per heavy atom. The van der Waals surface area contributed by atoms with Crippen molar-refractivity contribution in [1.82, 2.24) is 9.97 Å². The Hall–Kier alpha value is -5.94. The van der Waals surface area contributed by atoms with E-state index in [1.807, 2.05) is 22.7 Å². The van der Waals surface area contributed by atoms with Crippen molar-refractivity contribution in [1.29, 1.82) is 0 Å². The smallest absolute Gasteiger partial charge is 0.160 e. The summed E-state index contributed by atoms with van der Waals surface area (Å²) in [6.45, 7) is 0. The lowest BCUT2D eigenvalue weighted by atomic mass is 9.98. The molecule has 0 amide bonds. The number of aromatic nitrogens is 2. The summed E-state index contributed by atoms with van der Waals surface area (Å²) in [5, 5.41) is 5.15. The fraction of sp³-hybridized carbons (Fsp3) is 0. The van der Waals surface area contributed by atoms with Crippen LogP contribution >= 0.6 is 22.7 Å². The average molecular weight is 673 g/mol. The maximum absolute atomic E-state index is 5.22. The highest BCUT2D eigenvalue weighted by Crippen LogP contribution is 2.39. The summed E-state index contributed by atoms with van der Waals surface area (Å²) >= 11 is 3.65. The normalized spacial score (nSPS) is 11.6. The zero-order valence-electron chi connectivity index (χ0n) is 26.9. The highest BCUT2D eigenvalue weighted by molar-refractivity contribution is 7.26. The Balaban J connectivity index is 1.09. The van der Waals surface area contributed by atoms with Gasteiger partial charge in [-0.05, 0) is 58.7 Å². The quantitative estimate of drug-likeness (QED) is 0.182. The molecule has 50 heavy (non-hydrogen) atoms. The first-order chi connectivity index (χ1) is 24.7. The van der Waals surface area contributed by atoms with Crippen LogP contribution in [0.3, 0.4) is 0 Å². The van der Waals surface area contributed by atoms with Gasteiger partial charge >= 0.3 is 0 Å². The fourth-order valence-electron chi connectivity index (χ4n) is 6.96. The Morgan fingerprint density at radius 3 is 1.40 bits per heavy atom. The van der Waals surface area contributed by atoms with Crippen LogP contribution in [-0.2, 0) is 0 Å². The minimum atomic E-state index is 0.730. The van der Waals surface area contributed by atoms with Crippen LogP contribution in [0.1, 0.15) is 0 Å². The molecule has 234 valence electrons. The van der Waals surface area contributed by atoms with E-state index in [1.165, 1.54) is 62.6 Å². The van der Waals surface area contributed by atoms with E-state index in [0.717, 1.165) is 33.9 Å². The molecule has 4 heteroatoms. The minimum Gasteiger partial charge on any atom is -0.228 e. The van der Waals surface area contributed by atoms with Gasteiger partial charge in [-0.2, -0.15) is 0 Å². The van der Waals surface area contributed by atoms with Crippen LogP contribution in [-0.4, -0.2) is 9.97 Å². The minimum absolute atomic E-state index is 0.730. The van der Waals surface area contributed by atoms with E-state index in [9.17, 15) is 0 Å². The van der Waals surface area contributed by atoms with Crippen molar-refractivity contribution < 1.29 is 0 Å². The third kappa shape index (κ3) is 5.09. The molecule has 10 aromatic rings. The van der Waals surface area contributed by atoms with Crippen molar-refractivity contribution in [2.45, 2.75) is 0 Å². The van der Waals surface area contributed by atoms with Gasteiger partial charge < -0.3 is 0 Å². The lowest BCUT2D eigenvalue weighted by molar-refractivity contribution is 1.19. The predicted octanol–water partition coefficient (Wildman–Crippen LogP) is 13.5. The van der Waals surface area contributed by atoms with E-state index in [0.29, 0.717) is 0 Å². The summed E-state index contributed by atoms with van der Waals surface area (Å²) < 4.78 is 5.10. The van der Waals surface area contributed by atoms with Gasteiger partial charge in [-0.1, -0.05) is 133 Å². The van der Waals surface area contributed by atoms with E-state index in [1.54, 1.807) is 0 Å². The van der Waals surface area contributed by atoms with Crippen molar-refractivity contribution in [2.75, 3.05) is 0 Å². The fourth-order valence-corrected chi connectivity index (χ4v) is 9.26. The van der Waals surface area contributed by atoms with Crippen LogP contribution in [0.15, 0.2) is 170 Å². The summed E-state index contributed by atoms with van der Waals surface area (Å²) in [6.07, 6.45) is 0.